The van der Waals surface area contributed by atoms with Gasteiger partial charge < -0.3 is 20.5 Å². The Labute approximate surface area is 191 Å². The number of ether oxygens (including phenoxy) is 1. The molecule has 0 unspecified atom stereocenters. The average molecular weight is 537 g/mol. The van der Waals surface area contributed by atoms with Crippen LogP contribution >= 0.6 is 24.0 Å². The van der Waals surface area contributed by atoms with Crippen molar-refractivity contribution in [1.29, 1.82) is 0 Å². The Hall–Kier alpha value is -1.85. The lowest BCUT2D eigenvalue weighted by molar-refractivity contribution is -0.176. The molecule has 0 saturated heterocycles. The van der Waals surface area contributed by atoms with E-state index >= 15 is 0 Å². The molecule has 0 spiro atoms. The molecule has 9 heteroatoms. The van der Waals surface area contributed by atoms with E-state index in [0.717, 1.165) is 16.7 Å². The highest BCUT2D eigenvalue weighted by Gasteiger charge is 2.27. The van der Waals surface area contributed by atoms with Crippen molar-refractivity contribution < 1.29 is 23.0 Å². The first kappa shape index (κ1) is 26.2. The Balaban J connectivity index is 0.00000450. The molecule has 0 aliphatic rings. The monoisotopic (exact) mass is 537 g/mol. The number of halogens is 4. The number of aliphatic hydroxyl groups is 1. The molecule has 0 heterocycles. The lowest BCUT2D eigenvalue weighted by Gasteiger charge is -2.13. The summed E-state index contributed by atoms with van der Waals surface area (Å²) in [6.45, 7) is 2.24. The summed E-state index contributed by atoms with van der Waals surface area (Å²) in [4.78, 5) is 4.53. The van der Waals surface area contributed by atoms with E-state index in [2.05, 4.69) is 20.4 Å². The van der Waals surface area contributed by atoms with Crippen LogP contribution in [0.2, 0.25) is 0 Å². The number of nitrogens with zero attached hydrogens (tertiary/aromatic N) is 1. The van der Waals surface area contributed by atoms with Gasteiger partial charge >= 0.3 is 6.18 Å². The van der Waals surface area contributed by atoms with Crippen molar-refractivity contribution >= 4 is 29.9 Å². The Kier molecular flexibility index (Phi) is 11.7. The first-order valence-electron chi connectivity index (χ1n) is 9.33. The summed E-state index contributed by atoms with van der Waals surface area (Å²) in [5, 5.41) is 15.8. The van der Waals surface area contributed by atoms with Crippen LogP contribution in [0.25, 0.3) is 0 Å². The number of benzene rings is 2. The third-order valence-electron chi connectivity index (χ3n) is 4.06. The number of aliphatic imine (C=N–C) groups is 1. The quantitative estimate of drug-likeness (QED) is 0.256. The van der Waals surface area contributed by atoms with Crippen molar-refractivity contribution in [2.75, 3.05) is 13.2 Å². The fourth-order valence-electron chi connectivity index (χ4n) is 2.60. The number of hydrogen-bond donors (Lipinski definition) is 3. The van der Waals surface area contributed by atoms with E-state index in [9.17, 15) is 18.3 Å². The highest BCUT2D eigenvalue weighted by molar-refractivity contribution is 14.0. The topological polar surface area (TPSA) is 65.9 Å². The van der Waals surface area contributed by atoms with Crippen LogP contribution in [0.3, 0.4) is 0 Å². The second-order valence-corrected chi connectivity index (χ2v) is 6.40. The zero-order chi connectivity index (χ0) is 21.1. The molecule has 30 heavy (non-hydrogen) atoms. The number of hydrogen-bond acceptors (Lipinski definition) is 3. The summed E-state index contributed by atoms with van der Waals surface area (Å²) in [5.74, 6) is 0.637. The number of rotatable bonds is 9. The molecule has 0 amide bonds. The lowest BCUT2D eigenvalue weighted by Crippen LogP contribution is -2.37. The normalized spacial score (nSPS) is 11.7. The number of guanidine groups is 1. The molecule has 0 saturated carbocycles. The van der Waals surface area contributed by atoms with Gasteiger partial charge in [0, 0.05) is 13.1 Å². The van der Waals surface area contributed by atoms with Crippen LogP contribution in [0.4, 0.5) is 13.2 Å². The molecule has 0 fully saturated rings. The predicted octanol–water partition coefficient (Wildman–Crippen LogP) is 4.13. The molecule has 0 radical (unpaired) electrons. The minimum atomic E-state index is -4.32. The molecule has 3 N–H and O–H groups in total. The van der Waals surface area contributed by atoms with Crippen LogP contribution in [0.15, 0.2) is 53.5 Å². The van der Waals surface area contributed by atoms with Crippen LogP contribution in [-0.2, 0) is 31.0 Å². The predicted molar refractivity (Wildman–Crippen MR) is 122 cm³/mol. The van der Waals surface area contributed by atoms with E-state index in [4.69, 9.17) is 0 Å². The molecule has 166 valence electrons. The maximum Gasteiger partial charge on any atom is 0.411 e. The number of aliphatic hydroxyl groups excluding tert-OH is 1. The lowest BCUT2D eigenvalue weighted by atomic mass is 10.1. The smallest absolute Gasteiger partial charge is 0.392 e. The van der Waals surface area contributed by atoms with Gasteiger partial charge in [-0.3, -0.25) is 0 Å². The molecular weight excluding hydrogens is 510 g/mol. The molecule has 0 aromatic heterocycles. The van der Waals surface area contributed by atoms with Crippen LogP contribution < -0.4 is 10.6 Å². The molecule has 0 aliphatic heterocycles. The van der Waals surface area contributed by atoms with E-state index in [1.807, 2.05) is 43.3 Å². The summed E-state index contributed by atoms with van der Waals surface area (Å²) in [5.41, 5.74) is 3.45. The van der Waals surface area contributed by atoms with Crippen molar-refractivity contribution in [3.05, 3.63) is 70.8 Å². The fourth-order valence-corrected chi connectivity index (χ4v) is 2.60. The van der Waals surface area contributed by atoms with E-state index in [0.29, 0.717) is 31.2 Å². The minimum absolute atomic E-state index is 0. The summed E-state index contributed by atoms with van der Waals surface area (Å²) in [7, 11) is 0. The Morgan fingerprint density at radius 2 is 1.63 bits per heavy atom. The van der Waals surface area contributed by atoms with Crippen molar-refractivity contribution in [2.24, 2.45) is 4.99 Å². The molecule has 0 bridgehead atoms. The second-order valence-electron chi connectivity index (χ2n) is 6.40. The fraction of sp³-hybridized carbons (Fsp3) is 0.381. The van der Waals surface area contributed by atoms with Crippen molar-refractivity contribution in [2.45, 2.75) is 39.4 Å². The molecule has 2 aromatic rings. The van der Waals surface area contributed by atoms with E-state index in [-0.39, 0.29) is 37.2 Å². The van der Waals surface area contributed by atoms with Crippen LogP contribution in [0.1, 0.15) is 29.2 Å². The number of nitrogens with one attached hydrogen (secondary N) is 2. The van der Waals surface area contributed by atoms with Gasteiger partial charge in [0.25, 0.3) is 0 Å². The van der Waals surface area contributed by atoms with Crippen LogP contribution in [0, 0.1) is 0 Å². The summed E-state index contributed by atoms with van der Waals surface area (Å²) in [6.07, 6.45) is -4.32. The molecule has 2 aromatic carbocycles. The molecule has 2 rings (SSSR count). The van der Waals surface area contributed by atoms with Gasteiger partial charge in [0.15, 0.2) is 5.96 Å². The first-order chi connectivity index (χ1) is 13.9. The van der Waals surface area contributed by atoms with Crippen molar-refractivity contribution in [3.8, 4) is 0 Å². The van der Waals surface area contributed by atoms with Gasteiger partial charge in [-0.2, -0.15) is 13.2 Å². The summed E-state index contributed by atoms with van der Waals surface area (Å²) >= 11 is 0. The van der Waals surface area contributed by atoms with Crippen LogP contribution in [-0.4, -0.2) is 30.4 Å². The minimum Gasteiger partial charge on any atom is -0.392 e. The number of alkyl halides is 3. The van der Waals surface area contributed by atoms with Gasteiger partial charge in [0.05, 0.1) is 19.8 Å². The van der Waals surface area contributed by atoms with E-state index in [1.54, 1.807) is 12.1 Å². The van der Waals surface area contributed by atoms with Gasteiger partial charge in [-0.05, 0) is 29.2 Å². The van der Waals surface area contributed by atoms with Gasteiger partial charge in [-0.15, -0.1) is 24.0 Å². The van der Waals surface area contributed by atoms with E-state index < -0.39 is 12.8 Å². The van der Waals surface area contributed by atoms with Gasteiger partial charge in [0.1, 0.15) is 6.61 Å². The largest absolute Gasteiger partial charge is 0.411 e. The van der Waals surface area contributed by atoms with Crippen molar-refractivity contribution in [1.82, 2.24) is 10.6 Å². The van der Waals surface area contributed by atoms with Gasteiger partial charge in [0.2, 0.25) is 0 Å². The van der Waals surface area contributed by atoms with E-state index in [1.165, 1.54) is 0 Å². The standard InChI is InChI=1S/C21H26F3N3O2.HI/c1-2-25-20(27-12-18-5-3-4-6-19(18)13-28)26-11-16-7-9-17(10-8-16)14-29-15-21(22,23)24;/h3-10,28H,2,11-15H2,1H3,(H2,25,26,27);1H. The zero-order valence-electron chi connectivity index (χ0n) is 16.7. The zero-order valence-corrected chi connectivity index (χ0v) is 19.0. The second kappa shape index (κ2) is 13.5. The highest BCUT2D eigenvalue weighted by Crippen LogP contribution is 2.16. The first-order valence-corrected chi connectivity index (χ1v) is 9.33. The maximum absolute atomic E-state index is 12.1. The summed E-state index contributed by atoms with van der Waals surface area (Å²) in [6, 6.07) is 14.7. The Bertz CT molecular complexity index is 784. The SMILES string of the molecule is CCNC(=NCc1ccc(COCC(F)(F)F)cc1)NCc1ccccc1CO.I. The van der Waals surface area contributed by atoms with Crippen molar-refractivity contribution in [3.63, 3.8) is 0 Å². The molecule has 0 aliphatic carbocycles. The molecule has 0 atom stereocenters. The average Bonchev–Trinajstić information content (AvgIpc) is 2.70. The Morgan fingerprint density at radius 1 is 1.00 bits per heavy atom. The maximum atomic E-state index is 12.1. The van der Waals surface area contributed by atoms with Gasteiger partial charge in [-0.25, -0.2) is 4.99 Å². The van der Waals surface area contributed by atoms with Gasteiger partial charge in [-0.1, -0.05) is 48.5 Å². The third-order valence-corrected chi connectivity index (χ3v) is 4.06. The molecule has 5 nitrogen and oxygen atoms in total. The molecular formula is C21H27F3IN3O2. The third kappa shape index (κ3) is 9.77. The summed E-state index contributed by atoms with van der Waals surface area (Å²) < 4.78 is 41.0. The Morgan fingerprint density at radius 3 is 2.23 bits per heavy atom. The van der Waals surface area contributed by atoms with Crippen LogP contribution in [0.5, 0.6) is 0 Å². The highest BCUT2D eigenvalue weighted by atomic mass is 127.